The van der Waals surface area contributed by atoms with Gasteiger partial charge >= 0.3 is 0 Å². The second-order valence-corrected chi connectivity index (χ2v) is 11.2. The molecular weight excluding hydrogens is 493 g/mol. The highest BCUT2D eigenvalue weighted by atomic mass is 19.1. The van der Waals surface area contributed by atoms with Crippen LogP contribution in [0.25, 0.3) is 38.9 Å². The Hall–Kier alpha value is -3.69. The lowest BCUT2D eigenvalue weighted by Gasteiger charge is -2.41. The Morgan fingerprint density at radius 2 is 1.69 bits per heavy atom. The number of ether oxygens (including phenoxy) is 1. The van der Waals surface area contributed by atoms with Crippen LogP contribution in [0.3, 0.4) is 0 Å². The van der Waals surface area contributed by atoms with Gasteiger partial charge in [0, 0.05) is 60.3 Å². The summed E-state index contributed by atoms with van der Waals surface area (Å²) in [6.07, 6.45) is 15.0. The molecule has 2 atom stereocenters. The zero-order chi connectivity index (χ0) is 25.9. The third-order valence-electron chi connectivity index (χ3n) is 9.04. The van der Waals surface area contributed by atoms with Crippen molar-refractivity contribution in [3.8, 4) is 22.4 Å². The summed E-state index contributed by atoms with van der Waals surface area (Å²) >= 11 is 0. The second kappa shape index (κ2) is 9.20. The number of H-pyrrole nitrogens is 1. The molecule has 1 saturated carbocycles. The highest BCUT2D eigenvalue weighted by Crippen LogP contribution is 2.41. The molecule has 2 bridgehead atoms. The Morgan fingerprint density at radius 1 is 0.897 bits per heavy atom. The molecule has 9 heteroatoms. The fraction of sp³-hybridized carbons (Fsp3) is 0.400. The Balaban J connectivity index is 1.19. The summed E-state index contributed by atoms with van der Waals surface area (Å²) in [5.74, 6) is 0.0802. The summed E-state index contributed by atoms with van der Waals surface area (Å²) in [6, 6.07) is 9.98. The number of morpholine rings is 1. The van der Waals surface area contributed by atoms with Gasteiger partial charge in [-0.15, -0.1) is 0 Å². The van der Waals surface area contributed by atoms with Crippen molar-refractivity contribution >= 4 is 16.6 Å². The van der Waals surface area contributed by atoms with Crippen molar-refractivity contribution in [3.05, 3.63) is 66.6 Å². The third kappa shape index (κ3) is 3.86. The van der Waals surface area contributed by atoms with Crippen LogP contribution in [0.2, 0.25) is 0 Å². The number of rotatable bonds is 4. The van der Waals surface area contributed by atoms with E-state index in [0.29, 0.717) is 35.1 Å². The minimum atomic E-state index is -0.327. The minimum Gasteiger partial charge on any atom is -0.372 e. The van der Waals surface area contributed by atoms with E-state index in [4.69, 9.17) is 14.8 Å². The number of hydrogen-bond acceptors (Lipinski definition) is 6. The predicted molar refractivity (Wildman–Crippen MR) is 146 cm³/mol. The molecule has 0 radical (unpaired) electrons. The number of hydrogen-bond donors (Lipinski definition) is 1. The van der Waals surface area contributed by atoms with Crippen LogP contribution in [-0.4, -0.2) is 66.0 Å². The molecule has 8 rings (SSSR count). The van der Waals surface area contributed by atoms with Crippen LogP contribution in [-0.2, 0) is 4.74 Å². The van der Waals surface area contributed by atoms with Gasteiger partial charge in [-0.1, -0.05) is 6.07 Å². The lowest BCUT2D eigenvalue weighted by Crippen LogP contribution is -2.48. The Morgan fingerprint density at radius 3 is 2.49 bits per heavy atom. The maximum absolute atomic E-state index is 14.6. The average Bonchev–Trinajstić information content (AvgIpc) is 3.71. The fourth-order valence-corrected chi connectivity index (χ4v) is 7.13. The molecule has 2 saturated heterocycles. The van der Waals surface area contributed by atoms with Crippen molar-refractivity contribution in [2.45, 2.75) is 62.7 Å². The van der Waals surface area contributed by atoms with E-state index in [2.05, 4.69) is 26.1 Å². The van der Waals surface area contributed by atoms with Gasteiger partial charge in [-0.05, 0) is 68.4 Å². The zero-order valence-electron chi connectivity index (χ0n) is 21.6. The number of benzene rings is 1. The molecule has 3 fully saturated rings. The zero-order valence-corrected chi connectivity index (χ0v) is 21.6. The second-order valence-electron chi connectivity index (χ2n) is 11.2. The first kappa shape index (κ1) is 23.2. The smallest absolute Gasteiger partial charge is 0.163 e. The summed E-state index contributed by atoms with van der Waals surface area (Å²) in [7, 11) is 0. The Kier molecular flexibility index (Phi) is 5.48. The van der Waals surface area contributed by atoms with Crippen LogP contribution in [0, 0.1) is 5.82 Å². The fourth-order valence-electron chi connectivity index (χ4n) is 7.13. The Bertz CT molecular complexity index is 1640. The standard InChI is InChI=1S/C30H30FN7O/c31-25-8-7-23(24-15-34-35-29(24)25)27-28(19-9-12-32-13-10-19)36-38-26(11-14-33-30(27)38)18-1-3-20(4-2-18)37-16-21-5-6-22(17-37)39-21/h7-15,18,20-22H,1-6,16-17H2,(H,34,35)/t18-,20-,21?,22?. The van der Waals surface area contributed by atoms with Gasteiger partial charge in [0.2, 0.25) is 0 Å². The first-order chi connectivity index (χ1) is 19.2. The largest absolute Gasteiger partial charge is 0.372 e. The highest BCUT2D eigenvalue weighted by Gasteiger charge is 2.38. The quantitative estimate of drug-likeness (QED) is 0.341. The van der Waals surface area contributed by atoms with E-state index in [0.717, 1.165) is 54.0 Å². The van der Waals surface area contributed by atoms with Crippen LogP contribution < -0.4 is 0 Å². The van der Waals surface area contributed by atoms with E-state index in [1.54, 1.807) is 18.6 Å². The molecule has 1 aromatic carbocycles. The van der Waals surface area contributed by atoms with Crippen molar-refractivity contribution in [1.29, 1.82) is 0 Å². The van der Waals surface area contributed by atoms with Gasteiger partial charge in [0.15, 0.2) is 5.65 Å². The molecule has 5 aromatic rings. The molecule has 2 unspecified atom stereocenters. The van der Waals surface area contributed by atoms with Crippen molar-refractivity contribution in [2.24, 2.45) is 0 Å². The maximum Gasteiger partial charge on any atom is 0.163 e. The van der Waals surface area contributed by atoms with E-state index in [1.165, 1.54) is 37.4 Å². The first-order valence-electron chi connectivity index (χ1n) is 14.0. The Labute approximate surface area is 225 Å². The molecule has 1 N–H and O–H groups in total. The molecule has 0 amide bonds. The normalized spacial score (nSPS) is 25.6. The van der Waals surface area contributed by atoms with E-state index in [9.17, 15) is 4.39 Å². The number of aromatic amines is 1. The van der Waals surface area contributed by atoms with Gasteiger partial charge in [0.25, 0.3) is 0 Å². The molecule has 6 heterocycles. The van der Waals surface area contributed by atoms with Gasteiger partial charge in [0.05, 0.1) is 24.0 Å². The van der Waals surface area contributed by atoms with Gasteiger partial charge in [-0.2, -0.15) is 10.2 Å². The number of nitrogens with zero attached hydrogens (tertiary/aromatic N) is 6. The third-order valence-corrected chi connectivity index (χ3v) is 9.04. The summed E-state index contributed by atoms with van der Waals surface area (Å²) in [4.78, 5) is 11.7. The number of fused-ring (bicyclic) bond motifs is 4. The monoisotopic (exact) mass is 523 g/mol. The highest BCUT2D eigenvalue weighted by molar-refractivity contribution is 6.02. The van der Waals surface area contributed by atoms with Gasteiger partial charge in [0.1, 0.15) is 17.0 Å². The molecule has 2 aliphatic heterocycles. The lowest BCUT2D eigenvalue weighted by atomic mass is 9.83. The molecule has 3 aliphatic rings. The molecule has 8 nitrogen and oxygen atoms in total. The molecular formula is C30H30FN7O. The molecule has 0 spiro atoms. The average molecular weight is 524 g/mol. The number of halogens is 1. The van der Waals surface area contributed by atoms with E-state index in [-0.39, 0.29) is 5.82 Å². The summed E-state index contributed by atoms with van der Waals surface area (Å²) in [5, 5.41) is 12.8. The molecule has 4 aromatic heterocycles. The van der Waals surface area contributed by atoms with Crippen molar-refractivity contribution in [3.63, 3.8) is 0 Å². The summed E-state index contributed by atoms with van der Waals surface area (Å²) in [5.41, 5.74) is 5.85. The van der Waals surface area contributed by atoms with Crippen molar-refractivity contribution in [1.82, 2.24) is 34.7 Å². The van der Waals surface area contributed by atoms with Gasteiger partial charge in [-0.25, -0.2) is 13.9 Å². The van der Waals surface area contributed by atoms with E-state index >= 15 is 0 Å². The molecule has 1 aliphatic carbocycles. The summed E-state index contributed by atoms with van der Waals surface area (Å²) in [6.45, 7) is 2.17. The number of nitrogens with one attached hydrogen (secondary N) is 1. The predicted octanol–water partition coefficient (Wildman–Crippen LogP) is 5.36. The van der Waals surface area contributed by atoms with Gasteiger partial charge < -0.3 is 4.74 Å². The molecule has 198 valence electrons. The maximum atomic E-state index is 14.6. The topological polar surface area (TPSA) is 84.2 Å². The van der Waals surface area contributed by atoms with Gasteiger partial charge in [-0.3, -0.25) is 15.0 Å². The van der Waals surface area contributed by atoms with Crippen molar-refractivity contribution in [2.75, 3.05) is 13.1 Å². The van der Waals surface area contributed by atoms with Crippen LogP contribution in [0.1, 0.15) is 50.1 Å². The SMILES string of the molecule is Fc1ccc(-c2c(-c3ccncc3)nn3c2nccc3[C@H]2CC[C@H](N3CC4CCC(C3)O4)CC2)c2cn[nH]c12. The number of likely N-dealkylation sites (tertiary alicyclic amines) is 1. The van der Waals surface area contributed by atoms with Crippen LogP contribution in [0.5, 0.6) is 0 Å². The summed E-state index contributed by atoms with van der Waals surface area (Å²) < 4.78 is 22.7. The van der Waals surface area contributed by atoms with Crippen LogP contribution >= 0.6 is 0 Å². The van der Waals surface area contributed by atoms with Crippen LogP contribution in [0.15, 0.2) is 55.1 Å². The number of aromatic nitrogens is 6. The number of pyridine rings is 1. The minimum absolute atomic E-state index is 0.327. The molecule has 39 heavy (non-hydrogen) atoms. The lowest BCUT2D eigenvalue weighted by molar-refractivity contribution is -0.0579. The van der Waals surface area contributed by atoms with Crippen molar-refractivity contribution < 1.29 is 9.13 Å². The van der Waals surface area contributed by atoms with E-state index < -0.39 is 0 Å². The first-order valence-corrected chi connectivity index (χ1v) is 14.0. The van der Waals surface area contributed by atoms with E-state index in [1.807, 2.05) is 28.9 Å². The van der Waals surface area contributed by atoms with Crippen LogP contribution in [0.4, 0.5) is 4.39 Å².